The maximum atomic E-state index is 5.80. The summed E-state index contributed by atoms with van der Waals surface area (Å²) in [6.07, 6.45) is 10.2. The van der Waals surface area contributed by atoms with Crippen LogP contribution in [-0.2, 0) is 0 Å². The van der Waals surface area contributed by atoms with Gasteiger partial charge in [-0.2, -0.15) is 0 Å². The first-order valence-corrected chi connectivity index (χ1v) is 6.50. The molecule has 96 valence electrons. The molecule has 0 saturated carbocycles. The number of guanidine groups is 1. The summed E-state index contributed by atoms with van der Waals surface area (Å²) in [7, 11) is 0. The largest absolute Gasteiger partial charge is 0.370 e. The highest BCUT2D eigenvalue weighted by Crippen LogP contribution is 2.19. The second-order valence-electron chi connectivity index (χ2n) is 4.47. The summed E-state index contributed by atoms with van der Waals surface area (Å²) < 4.78 is 0. The molecule has 18 heavy (non-hydrogen) atoms. The molecule has 0 aliphatic heterocycles. The van der Waals surface area contributed by atoms with Gasteiger partial charge in [-0.15, -0.1) is 0 Å². The molecule has 1 aliphatic rings. The number of anilines is 1. The number of pyridine rings is 1. The van der Waals surface area contributed by atoms with Gasteiger partial charge in [0.15, 0.2) is 5.96 Å². The Kier molecular flexibility index (Phi) is 4.76. The van der Waals surface area contributed by atoms with Crippen molar-refractivity contribution in [2.45, 2.75) is 32.1 Å². The predicted molar refractivity (Wildman–Crippen MR) is 75.5 cm³/mol. The molecule has 0 aromatic carbocycles. The minimum absolute atomic E-state index is 0.435. The van der Waals surface area contributed by atoms with Crippen LogP contribution in [0.4, 0.5) is 5.82 Å². The summed E-state index contributed by atoms with van der Waals surface area (Å²) in [5.74, 6) is 1.17. The van der Waals surface area contributed by atoms with Crippen molar-refractivity contribution < 1.29 is 0 Å². The Morgan fingerprint density at radius 3 is 3.06 bits per heavy atom. The molecule has 0 unspecified atom stereocenters. The van der Waals surface area contributed by atoms with E-state index >= 15 is 0 Å². The molecule has 3 N–H and O–H groups in total. The number of aromatic nitrogens is 1. The van der Waals surface area contributed by atoms with Crippen molar-refractivity contribution in [3.8, 4) is 0 Å². The molecule has 0 radical (unpaired) electrons. The number of nitrogens with zero attached hydrogens (tertiary/aromatic N) is 2. The van der Waals surface area contributed by atoms with Crippen molar-refractivity contribution in [1.29, 1.82) is 0 Å². The maximum Gasteiger partial charge on any atom is 0.194 e. The molecular weight excluding hydrogens is 224 g/mol. The zero-order chi connectivity index (χ0) is 12.6. The van der Waals surface area contributed by atoms with E-state index in [1.165, 1.54) is 31.3 Å². The van der Waals surface area contributed by atoms with Gasteiger partial charge in [-0.05, 0) is 44.2 Å². The van der Waals surface area contributed by atoms with E-state index in [1.807, 2.05) is 18.2 Å². The van der Waals surface area contributed by atoms with E-state index in [0.717, 1.165) is 18.8 Å². The highest BCUT2D eigenvalue weighted by atomic mass is 15.1. The molecule has 1 aromatic rings. The van der Waals surface area contributed by atoms with Crippen LogP contribution in [0.15, 0.2) is 41.0 Å². The molecule has 0 saturated heterocycles. The van der Waals surface area contributed by atoms with Gasteiger partial charge in [-0.25, -0.2) is 4.98 Å². The second-order valence-corrected chi connectivity index (χ2v) is 4.47. The monoisotopic (exact) mass is 244 g/mol. The Morgan fingerprint density at radius 1 is 1.39 bits per heavy atom. The number of aliphatic imine (C=N–C) groups is 1. The molecular formula is C14H20N4. The predicted octanol–water partition coefficient (Wildman–Crippen LogP) is 2.70. The zero-order valence-corrected chi connectivity index (χ0v) is 10.6. The first-order valence-electron chi connectivity index (χ1n) is 6.50. The number of hydrogen-bond acceptors (Lipinski definition) is 2. The van der Waals surface area contributed by atoms with E-state index in [2.05, 4.69) is 21.4 Å². The van der Waals surface area contributed by atoms with E-state index in [-0.39, 0.29) is 0 Å². The fourth-order valence-corrected chi connectivity index (χ4v) is 2.06. The third-order valence-corrected chi connectivity index (χ3v) is 3.02. The number of nitrogens with two attached hydrogens (primary N) is 1. The average Bonchev–Trinajstić information content (AvgIpc) is 2.41. The standard InChI is InChI=1S/C14H20N4/c15-14(18-13-8-4-5-10-16-13)17-11-9-12-6-2-1-3-7-12/h4-6,8,10H,1-3,7,9,11H2,(H3,15,16,17,18). The Bertz CT molecular complexity index is 423. The van der Waals surface area contributed by atoms with Crippen LogP contribution in [0.5, 0.6) is 0 Å². The second kappa shape index (κ2) is 6.79. The summed E-state index contributed by atoms with van der Waals surface area (Å²) in [5, 5.41) is 2.98. The Morgan fingerprint density at radius 2 is 2.33 bits per heavy atom. The van der Waals surface area contributed by atoms with E-state index in [9.17, 15) is 0 Å². The van der Waals surface area contributed by atoms with E-state index in [4.69, 9.17) is 5.73 Å². The van der Waals surface area contributed by atoms with Crippen molar-refractivity contribution in [2.75, 3.05) is 11.9 Å². The van der Waals surface area contributed by atoms with Crippen LogP contribution in [0, 0.1) is 0 Å². The van der Waals surface area contributed by atoms with Gasteiger partial charge in [0.05, 0.1) is 0 Å². The normalized spacial score (nSPS) is 16.2. The molecule has 1 heterocycles. The van der Waals surface area contributed by atoms with Gasteiger partial charge in [0.1, 0.15) is 5.82 Å². The summed E-state index contributed by atoms with van der Waals surface area (Å²) >= 11 is 0. The van der Waals surface area contributed by atoms with Gasteiger partial charge in [-0.1, -0.05) is 17.7 Å². The summed E-state index contributed by atoms with van der Waals surface area (Å²) in [5.41, 5.74) is 7.32. The highest BCUT2D eigenvalue weighted by molar-refractivity contribution is 5.91. The summed E-state index contributed by atoms with van der Waals surface area (Å²) in [4.78, 5) is 8.45. The third kappa shape index (κ3) is 4.20. The summed E-state index contributed by atoms with van der Waals surface area (Å²) in [6, 6.07) is 5.65. The average molecular weight is 244 g/mol. The molecule has 0 spiro atoms. The lowest BCUT2D eigenvalue weighted by molar-refractivity contribution is 0.676. The molecule has 4 heteroatoms. The minimum Gasteiger partial charge on any atom is -0.370 e. The third-order valence-electron chi connectivity index (χ3n) is 3.02. The number of rotatable bonds is 4. The first kappa shape index (κ1) is 12.6. The van der Waals surface area contributed by atoms with Crippen molar-refractivity contribution in [3.63, 3.8) is 0 Å². The fourth-order valence-electron chi connectivity index (χ4n) is 2.06. The van der Waals surface area contributed by atoms with Crippen molar-refractivity contribution in [2.24, 2.45) is 10.7 Å². The van der Waals surface area contributed by atoms with Crippen LogP contribution >= 0.6 is 0 Å². The Labute approximate surface area is 108 Å². The van der Waals surface area contributed by atoms with Gasteiger partial charge in [-0.3, -0.25) is 4.99 Å². The maximum absolute atomic E-state index is 5.80. The number of hydrogen-bond donors (Lipinski definition) is 2. The Balaban J connectivity index is 1.77. The lowest BCUT2D eigenvalue weighted by atomic mass is 9.97. The quantitative estimate of drug-likeness (QED) is 0.486. The van der Waals surface area contributed by atoms with Crippen molar-refractivity contribution in [3.05, 3.63) is 36.0 Å². The highest BCUT2D eigenvalue weighted by Gasteiger charge is 2.02. The van der Waals surface area contributed by atoms with Crippen LogP contribution in [0.3, 0.4) is 0 Å². The number of nitrogens with one attached hydrogen (secondary N) is 1. The van der Waals surface area contributed by atoms with Crippen LogP contribution in [-0.4, -0.2) is 17.5 Å². The minimum atomic E-state index is 0.435. The molecule has 0 bridgehead atoms. The lowest BCUT2D eigenvalue weighted by Crippen LogP contribution is -2.23. The summed E-state index contributed by atoms with van der Waals surface area (Å²) in [6.45, 7) is 0.748. The SMILES string of the molecule is NC(=NCCC1=CCCCC1)Nc1ccccn1. The van der Waals surface area contributed by atoms with Crippen LogP contribution in [0.1, 0.15) is 32.1 Å². The van der Waals surface area contributed by atoms with Crippen molar-refractivity contribution >= 4 is 11.8 Å². The van der Waals surface area contributed by atoms with Gasteiger partial charge >= 0.3 is 0 Å². The molecule has 4 nitrogen and oxygen atoms in total. The first-order chi connectivity index (χ1) is 8.84. The lowest BCUT2D eigenvalue weighted by Gasteiger charge is -2.11. The molecule has 0 atom stereocenters. The molecule has 1 aromatic heterocycles. The van der Waals surface area contributed by atoms with Gasteiger partial charge < -0.3 is 11.1 Å². The topological polar surface area (TPSA) is 63.3 Å². The Hall–Kier alpha value is -1.84. The van der Waals surface area contributed by atoms with Crippen LogP contribution in [0.25, 0.3) is 0 Å². The molecule has 0 fully saturated rings. The van der Waals surface area contributed by atoms with E-state index < -0.39 is 0 Å². The fraction of sp³-hybridized carbons (Fsp3) is 0.429. The van der Waals surface area contributed by atoms with Gasteiger partial charge in [0.25, 0.3) is 0 Å². The number of allylic oxidation sites excluding steroid dienone is 1. The van der Waals surface area contributed by atoms with Crippen LogP contribution < -0.4 is 11.1 Å². The van der Waals surface area contributed by atoms with Gasteiger partial charge in [0, 0.05) is 12.7 Å². The smallest absolute Gasteiger partial charge is 0.194 e. The zero-order valence-electron chi connectivity index (χ0n) is 10.6. The van der Waals surface area contributed by atoms with E-state index in [0.29, 0.717) is 5.96 Å². The molecule has 1 aliphatic carbocycles. The van der Waals surface area contributed by atoms with Crippen LogP contribution in [0.2, 0.25) is 0 Å². The van der Waals surface area contributed by atoms with E-state index in [1.54, 1.807) is 6.20 Å². The van der Waals surface area contributed by atoms with Gasteiger partial charge in [0.2, 0.25) is 0 Å². The van der Waals surface area contributed by atoms with Crippen molar-refractivity contribution in [1.82, 2.24) is 4.98 Å². The molecule has 0 amide bonds. The molecule has 2 rings (SSSR count).